The molecule has 0 saturated heterocycles. The average molecular weight is 337 g/mol. The highest BCUT2D eigenvalue weighted by molar-refractivity contribution is 5.90. The standard InChI is InChI=1S/C20H18O5/c1-11(2)3-8-14-16(22)9-17(23)18-19(24)15(10-25-20(14)18)12-4-6-13(21)7-5-12/h3-7,9-10,21-23H,8H2,1-2H3/p-1. The van der Waals surface area contributed by atoms with Crippen LogP contribution in [0, 0.1) is 0 Å². The first-order valence-corrected chi connectivity index (χ1v) is 7.78. The summed E-state index contributed by atoms with van der Waals surface area (Å²) in [6.45, 7) is 3.82. The van der Waals surface area contributed by atoms with Crippen LogP contribution in [0.2, 0.25) is 0 Å². The zero-order valence-electron chi connectivity index (χ0n) is 13.9. The van der Waals surface area contributed by atoms with Gasteiger partial charge in [-0.25, -0.2) is 0 Å². The van der Waals surface area contributed by atoms with E-state index in [0.717, 1.165) is 11.6 Å². The Kier molecular flexibility index (Phi) is 4.23. The van der Waals surface area contributed by atoms with Crippen molar-refractivity contribution in [3.8, 4) is 28.4 Å². The van der Waals surface area contributed by atoms with Gasteiger partial charge in [0.1, 0.15) is 28.7 Å². The van der Waals surface area contributed by atoms with Gasteiger partial charge in [0, 0.05) is 0 Å². The van der Waals surface area contributed by atoms with Crippen molar-refractivity contribution in [2.45, 2.75) is 20.3 Å². The fraction of sp³-hybridized carbons (Fsp3) is 0.150. The number of phenolic OH excluding ortho intramolecular Hbond substituents is 2. The molecule has 5 nitrogen and oxygen atoms in total. The summed E-state index contributed by atoms with van der Waals surface area (Å²) in [5, 5.41) is 31.7. The molecule has 1 aromatic heterocycles. The fourth-order valence-corrected chi connectivity index (χ4v) is 2.66. The summed E-state index contributed by atoms with van der Waals surface area (Å²) >= 11 is 0. The van der Waals surface area contributed by atoms with Gasteiger partial charge < -0.3 is 19.7 Å². The molecular formula is C20H17O5-. The van der Waals surface area contributed by atoms with Gasteiger partial charge in [-0.05, 0) is 49.6 Å². The maximum atomic E-state index is 12.8. The molecule has 0 spiro atoms. The molecular weight excluding hydrogens is 320 g/mol. The second-order valence-electron chi connectivity index (χ2n) is 6.09. The number of phenols is 2. The van der Waals surface area contributed by atoms with Gasteiger partial charge in [0.15, 0.2) is 0 Å². The third kappa shape index (κ3) is 3.08. The number of hydrogen-bond acceptors (Lipinski definition) is 5. The van der Waals surface area contributed by atoms with E-state index in [1.54, 1.807) is 12.1 Å². The van der Waals surface area contributed by atoms with Crippen molar-refractivity contribution in [3.05, 3.63) is 64.0 Å². The van der Waals surface area contributed by atoms with Gasteiger partial charge in [-0.2, -0.15) is 0 Å². The van der Waals surface area contributed by atoms with Crippen LogP contribution in [0.5, 0.6) is 17.2 Å². The van der Waals surface area contributed by atoms with Gasteiger partial charge >= 0.3 is 0 Å². The lowest BCUT2D eigenvalue weighted by Gasteiger charge is -2.16. The van der Waals surface area contributed by atoms with Crippen molar-refractivity contribution in [1.29, 1.82) is 0 Å². The van der Waals surface area contributed by atoms with Crippen LogP contribution >= 0.6 is 0 Å². The van der Waals surface area contributed by atoms with Crippen molar-refractivity contribution in [2.24, 2.45) is 0 Å². The van der Waals surface area contributed by atoms with Gasteiger partial charge in [-0.3, -0.25) is 4.79 Å². The third-order valence-corrected chi connectivity index (χ3v) is 3.98. The lowest BCUT2D eigenvalue weighted by Crippen LogP contribution is -2.08. The van der Waals surface area contributed by atoms with Crippen LogP contribution in [-0.4, -0.2) is 10.2 Å². The lowest BCUT2D eigenvalue weighted by atomic mass is 10.0. The Hall–Kier alpha value is -3.21. The minimum atomic E-state index is -0.428. The van der Waals surface area contributed by atoms with E-state index in [9.17, 15) is 20.1 Å². The Morgan fingerprint density at radius 2 is 1.88 bits per heavy atom. The Morgan fingerprint density at radius 3 is 2.52 bits per heavy atom. The molecule has 0 bridgehead atoms. The SMILES string of the molecule is CC(C)=CCc1c([O-])cc(O)c2c(=O)c(-c3ccc(O)cc3)coc12. The molecule has 1 heterocycles. The molecule has 0 unspecified atom stereocenters. The Bertz CT molecular complexity index is 1020. The molecule has 0 saturated carbocycles. The van der Waals surface area contributed by atoms with Crippen LogP contribution in [0.3, 0.4) is 0 Å². The first-order chi connectivity index (χ1) is 11.9. The van der Waals surface area contributed by atoms with Crippen LogP contribution in [0.15, 0.2) is 57.5 Å². The van der Waals surface area contributed by atoms with Crippen LogP contribution in [0.25, 0.3) is 22.1 Å². The van der Waals surface area contributed by atoms with Crippen molar-refractivity contribution in [1.82, 2.24) is 0 Å². The second kappa shape index (κ2) is 6.36. The summed E-state index contributed by atoms with van der Waals surface area (Å²) in [6, 6.07) is 7.13. The topological polar surface area (TPSA) is 93.7 Å². The molecule has 25 heavy (non-hydrogen) atoms. The third-order valence-electron chi connectivity index (χ3n) is 3.98. The van der Waals surface area contributed by atoms with E-state index < -0.39 is 11.2 Å². The van der Waals surface area contributed by atoms with E-state index in [1.807, 2.05) is 19.9 Å². The molecule has 0 aliphatic heterocycles. The summed E-state index contributed by atoms with van der Waals surface area (Å²) in [5.74, 6) is -0.685. The van der Waals surface area contributed by atoms with Crippen molar-refractivity contribution in [3.63, 3.8) is 0 Å². The Labute approximate surface area is 144 Å². The molecule has 0 fully saturated rings. The molecule has 128 valence electrons. The molecule has 0 aliphatic rings. The number of hydrogen-bond donors (Lipinski definition) is 2. The number of benzene rings is 2. The van der Waals surface area contributed by atoms with E-state index in [0.29, 0.717) is 17.5 Å². The average Bonchev–Trinajstić information content (AvgIpc) is 2.55. The maximum absolute atomic E-state index is 12.8. The van der Waals surface area contributed by atoms with Crippen molar-refractivity contribution in [2.75, 3.05) is 0 Å². The number of rotatable bonds is 3. The van der Waals surface area contributed by atoms with Crippen molar-refractivity contribution < 1.29 is 19.7 Å². The summed E-state index contributed by atoms with van der Waals surface area (Å²) in [7, 11) is 0. The predicted octanol–water partition coefficient (Wildman–Crippen LogP) is 3.45. The summed E-state index contributed by atoms with van der Waals surface area (Å²) in [4.78, 5) is 12.8. The summed E-state index contributed by atoms with van der Waals surface area (Å²) in [5.41, 5.74) is 1.84. The normalized spacial score (nSPS) is 10.8. The van der Waals surface area contributed by atoms with Gasteiger partial charge in [-0.15, -0.1) is 0 Å². The van der Waals surface area contributed by atoms with Crippen molar-refractivity contribution >= 4 is 11.0 Å². The monoisotopic (exact) mass is 337 g/mol. The van der Waals surface area contributed by atoms with Gasteiger partial charge in [-0.1, -0.05) is 29.5 Å². The molecule has 5 heteroatoms. The molecule has 3 aromatic rings. The Balaban J connectivity index is 2.27. The molecule has 3 rings (SSSR count). The highest BCUT2D eigenvalue weighted by Crippen LogP contribution is 2.33. The number of allylic oxidation sites excluding steroid dienone is 2. The molecule has 2 aromatic carbocycles. The van der Waals surface area contributed by atoms with Crippen LogP contribution in [0.4, 0.5) is 0 Å². The largest absolute Gasteiger partial charge is 0.872 e. The minimum absolute atomic E-state index is 0.0117. The summed E-state index contributed by atoms with van der Waals surface area (Å²) < 4.78 is 5.58. The van der Waals surface area contributed by atoms with Crippen LogP contribution in [-0.2, 0) is 6.42 Å². The van der Waals surface area contributed by atoms with Gasteiger partial charge in [0.05, 0.1) is 5.56 Å². The molecule has 0 amide bonds. The van der Waals surface area contributed by atoms with E-state index in [-0.39, 0.29) is 28.0 Å². The van der Waals surface area contributed by atoms with E-state index in [2.05, 4.69) is 0 Å². The molecule has 2 N–H and O–H groups in total. The Morgan fingerprint density at radius 1 is 1.20 bits per heavy atom. The van der Waals surface area contributed by atoms with Crippen LogP contribution in [0.1, 0.15) is 19.4 Å². The van der Waals surface area contributed by atoms with E-state index >= 15 is 0 Å². The zero-order chi connectivity index (χ0) is 18.1. The van der Waals surface area contributed by atoms with Gasteiger partial charge in [0.25, 0.3) is 0 Å². The fourth-order valence-electron chi connectivity index (χ4n) is 2.66. The second-order valence-corrected chi connectivity index (χ2v) is 6.09. The predicted molar refractivity (Wildman–Crippen MR) is 93.8 cm³/mol. The maximum Gasteiger partial charge on any atom is 0.204 e. The quantitative estimate of drug-likeness (QED) is 0.714. The lowest BCUT2D eigenvalue weighted by molar-refractivity contribution is -0.269. The highest BCUT2D eigenvalue weighted by atomic mass is 16.3. The minimum Gasteiger partial charge on any atom is -0.872 e. The smallest absolute Gasteiger partial charge is 0.204 e. The highest BCUT2D eigenvalue weighted by Gasteiger charge is 2.16. The number of aromatic hydroxyl groups is 2. The van der Waals surface area contributed by atoms with Gasteiger partial charge in [0.2, 0.25) is 5.43 Å². The first kappa shape index (κ1) is 16.6. The summed E-state index contributed by atoms with van der Waals surface area (Å²) in [6.07, 6.45) is 3.46. The van der Waals surface area contributed by atoms with E-state index in [1.165, 1.54) is 18.4 Å². The van der Waals surface area contributed by atoms with E-state index in [4.69, 9.17) is 4.42 Å². The molecule has 0 radical (unpaired) electrons. The molecule has 0 atom stereocenters. The first-order valence-electron chi connectivity index (χ1n) is 7.78. The van der Waals surface area contributed by atoms with Crippen LogP contribution < -0.4 is 10.5 Å². The molecule has 0 aliphatic carbocycles. The zero-order valence-corrected chi connectivity index (χ0v) is 13.9. The number of fused-ring (bicyclic) bond motifs is 1.